The number of carbonyl (C=O) groups excluding carboxylic acids is 2. The molecule has 1 unspecified atom stereocenters. The lowest BCUT2D eigenvalue weighted by molar-refractivity contribution is -0.163. The minimum absolute atomic E-state index is 0.104. The van der Waals surface area contributed by atoms with Gasteiger partial charge in [-0.3, -0.25) is 9.78 Å². The largest absolute Gasteiger partial charge is 0.458 e. The molecule has 0 fully saturated rings. The number of fused-ring (bicyclic) bond motifs is 3. The van der Waals surface area contributed by atoms with Gasteiger partial charge in [-0.2, -0.15) is 0 Å². The Hall–Kier alpha value is -2.80. The summed E-state index contributed by atoms with van der Waals surface area (Å²) in [5.41, 5.74) is 1.69. The number of ether oxygens (including phenoxy) is 1. The number of pyridine rings is 1. The van der Waals surface area contributed by atoms with Gasteiger partial charge in [0.2, 0.25) is 0 Å². The Morgan fingerprint density at radius 3 is 2.86 bits per heavy atom. The number of aromatic nitrogens is 1. The van der Waals surface area contributed by atoms with Crippen LogP contribution < -0.4 is 0 Å². The summed E-state index contributed by atoms with van der Waals surface area (Å²) in [6, 6.07) is 1.83. The minimum Gasteiger partial charge on any atom is -0.458 e. The van der Waals surface area contributed by atoms with Gasteiger partial charge in [-0.25, -0.2) is 4.79 Å². The number of hydrogen-bond donors (Lipinski definition) is 1. The molecular formula is C22H24N2O5. The lowest BCUT2D eigenvalue weighted by Crippen LogP contribution is -2.48. The quantitative estimate of drug-likeness (QED) is 0.478. The molecule has 0 radical (unpaired) electrons. The fourth-order valence-electron chi connectivity index (χ4n) is 4.02. The maximum atomic E-state index is 13.2. The van der Waals surface area contributed by atoms with Crippen LogP contribution in [0.1, 0.15) is 50.9 Å². The molecule has 152 valence electrons. The van der Waals surface area contributed by atoms with Crippen LogP contribution in [0.25, 0.3) is 5.57 Å². The summed E-state index contributed by atoms with van der Waals surface area (Å²) in [7, 11) is 0. The van der Waals surface area contributed by atoms with E-state index >= 15 is 0 Å². The highest BCUT2D eigenvalue weighted by molar-refractivity contribution is 6.12. The second-order valence-electron chi connectivity index (χ2n) is 8.57. The van der Waals surface area contributed by atoms with Crippen molar-refractivity contribution < 1.29 is 24.3 Å². The van der Waals surface area contributed by atoms with E-state index in [0.717, 1.165) is 16.7 Å². The molecule has 2 atom stereocenters. The number of ketones is 1. The second kappa shape index (κ2) is 6.62. The molecule has 29 heavy (non-hydrogen) atoms. The summed E-state index contributed by atoms with van der Waals surface area (Å²) in [5, 5.41) is 15.0. The number of rotatable bonds is 3. The molecule has 2 aliphatic carbocycles. The lowest BCUT2D eigenvalue weighted by Gasteiger charge is -2.35. The van der Waals surface area contributed by atoms with E-state index in [1.54, 1.807) is 25.4 Å². The van der Waals surface area contributed by atoms with Crippen LogP contribution in [-0.4, -0.2) is 45.9 Å². The first-order chi connectivity index (χ1) is 13.7. The summed E-state index contributed by atoms with van der Waals surface area (Å²) in [4.78, 5) is 35.3. The third-order valence-corrected chi connectivity index (χ3v) is 5.55. The number of Topliss-reactive ketones (excluding diaryl/α,β-unsaturated/α-hetero) is 1. The highest BCUT2D eigenvalue weighted by atomic mass is 16.6. The van der Waals surface area contributed by atoms with Gasteiger partial charge in [-0.1, -0.05) is 12.1 Å². The SMILES string of the molecule is CC[C@@]1(O)C(=O)OCC2=C1C=C1c3nccc(/C=N/OC(C)(C)C)c3CC1C2=O. The number of hydrogen-bond acceptors (Lipinski definition) is 7. The number of allylic oxidation sites excluding steroid dienone is 1. The minimum atomic E-state index is -1.80. The van der Waals surface area contributed by atoms with Crippen molar-refractivity contribution >= 4 is 23.5 Å². The number of nitrogens with zero attached hydrogens (tertiary/aromatic N) is 2. The first-order valence-corrected chi connectivity index (χ1v) is 9.74. The molecule has 4 rings (SSSR count). The molecule has 1 N–H and O–H groups in total. The highest BCUT2D eigenvalue weighted by Crippen LogP contribution is 2.46. The lowest BCUT2D eigenvalue weighted by atomic mass is 9.75. The molecule has 0 spiro atoms. The number of cyclic esters (lactones) is 1. The molecule has 2 heterocycles. The van der Waals surface area contributed by atoms with Gasteiger partial charge in [0.05, 0.1) is 17.8 Å². The van der Waals surface area contributed by atoms with Gasteiger partial charge in [0.15, 0.2) is 11.4 Å². The van der Waals surface area contributed by atoms with Crippen molar-refractivity contribution in [2.24, 2.45) is 11.1 Å². The van der Waals surface area contributed by atoms with Crippen molar-refractivity contribution in [2.45, 2.75) is 51.7 Å². The van der Waals surface area contributed by atoms with Gasteiger partial charge in [0.1, 0.15) is 12.2 Å². The van der Waals surface area contributed by atoms with Crippen molar-refractivity contribution in [3.63, 3.8) is 0 Å². The van der Waals surface area contributed by atoms with Crippen LogP contribution in [0.5, 0.6) is 0 Å². The first-order valence-electron chi connectivity index (χ1n) is 9.74. The van der Waals surface area contributed by atoms with Crippen molar-refractivity contribution in [2.75, 3.05) is 6.61 Å². The predicted octanol–water partition coefficient (Wildman–Crippen LogP) is 2.36. The summed E-state index contributed by atoms with van der Waals surface area (Å²) < 4.78 is 5.11. The molecule has 0 aromatic carbocycles. The summed E-state index contributed by atoms with van der Waals surface area (Å²) >= 11 is 0. The van der Waals surface area contributed by atoms with Crippen molar-refractivity contribution in [3.05, 3.63) is 46.3 Å². The predicted molar refractivity (Wildman–Crippen MR) is 106 cm³/mol. The zero-order chi connectivity index (χ0) is 21.0. The van der Waals surface area contributed by atoms with E-state index in [-0.39, 0.29) is 18.8 Å². The van der Waals surface area contributed by atoms with Crippen LogP contribution in [-0.2, 0) is 25.6 Å². The fraction of sp³-hybridized carbons (Fsp3) is 0.455. The van der Waals surface area contributed by atoms with Crippen LogP contribution in [0.4, 0.5) is 0 Å². The van der Waals surface area contributed by atoms with Crippen molar-refractivity contribution in [1.29, 1.82) is 0 Å². The van der Waals surface area contributed by atoms with E-state index in [1.165, 1.54) is 0 Å². The molecule has 1 aliphatic heterocycles. The van der Waals surface area contributed by atoms with E-state index in [1.807, 2.05) is 26.8 Å². The molecule has 3 aliphatic rings. The third kappa shape index (κ3) is 3.09. The molecule has 0 bridgehead atoms. The van der Waals surface area contributed by atoms with Crippen LogP contribution in [0.15, 0.2) is 34.6 Å². The van der Waals surface area contributed by atoms with E-state index in [9.17, 15) is 14.7 Å². The Labute approximate surface area is 169 Å². The van der Waals surface area contributed by atoms with Gasteiger partial charge in [-0.05, 0) is 56.9 Å². The Balaban J connectivity index is 1.77. The molecule has 7 nitrogen and oxygen atoms in total. The van der Waals surface area contributed by atoms with Crippen LogP contribution in [0, 0.1) is 5.92 Å². The number of oxime groups is 1. The van der Waals surface area contributed by atoms with Crippen LogP contribution >= 0.6 is 0 Å². The average molecular weight is 396 g/mol. The third-order valence-electron chi connectivity index (χ3n) is 5.55. The highest BCUT2D eigenvalue weighted by Gasteiger charge is 2.50. The van der Waals surface area contributed by atoms with Gasteiger partial charge in [0.25, 0.3) is 0 Å². The Morgan fingerprint density at radius 1 is 1.41 bits per heavy atom. The van der Waals surface area contributed by atoms with Crippen molar-refractivity contribution in [3.8, 4) is 0 Å². The molecule has 0 saturated heterocycles. The summed E-state index contributed by atoms with van der Waals surface area (Å²) in [5.74, 6) is -1.23. The van der Waals surface area contributed by atoms with Gasteiger partial charge < -0.3 is 14.7 Å². The van der Waals surface area contributed by atoms with Gasteiger partial charge in [0, 0.05) is 22.9 Å². The zero-order valence-corrected chi connectivity index (χ0v) is 17.0. The zero-order valence-electron chi connectivity index (χ0n) is 17.0. The van der Waals surface area contributed by atoms with Crippen LogP contribution in [0.3, 0.4) is 0 Å². The molecule has 0 amide bonds. The number of esters is 1. The second-order valence-corrected chi connectivity index (χ2v) is 8.57. The summed E-state index contributed by atoms with van der Waals surface area (Å²) in [6.45, 7) is 7.32. The maximum Gasteiger partial charge on any atom is 0.343 e. The van der Waals surface area contributed by atoms with Gasteiger partial charge in [-0.15, -0.1) is 0 Å². The molecule has 7 heteroatoms. The Bertz CT molecular complexity index is 999. The van der Waals surface area contributed by atoms with Crippen LogP contribution in [0.2, 0.25) is 0 Å². The molecule has 1 aromatic rings. The summed E-state index contributed by atoms with van der Waals surface area (Å²) in [6.07, 6.45) is 5.67. The fourth-order valence-corrected chi connectivity index (χ4v) is 4.02. The molecule has 1 aromatic heterocycles. The van der Waals surface area contributed by atoms with E-state index < -0.39 is 23.1 Å². The maximum absolute atomic E-state index is 13.2. The first kappa shape index (κ1) is 19.5. The standard InChI is InChI=1S/C22H24N2O5/c1-5-22(27)17-9-14-15(19(25)16(17)11-28-20(22)26)8-13-12(6-7-23-18(13)14)10-24-29-21(2,3)4/h6-7,9-10,15,27H,5,8,11H2,1-4H3/b24-10+/t15?,22-/m0/s1. The Morgan fingerprint density at radius 2 is 2.17 bits per heavy atom. The number of carbonyl (C=O) groups is 2. The topological polar surface area (TPSA) is 98.1 Å². The number of aliphatic hydroxyl groups is 1. The average Bonchev–Trinajstić information content (AvgIpc) is 3.04. The monoisotopic (exact) mass is 396 g/mol. The van der Waals surface area contributed by atoms with E-state index in [4.69, 9.17) is 9.57 Å². The van der Waals surface area contributed by atoms with Crippen molar-refractivity contribution in [1.82, 2.24) is 4.98 Å². The molecular weight excluding hydrogens is 372 g/mol. The van der Waals surface area contributed by atoms with Gasteiger partial charge >= 0.3 is 5.97 Å². The molecule has 0 saturated carbocycles. The van der Waals surface area contributed by atoms with E-state index in [0.29, 0.717) is 23.3 Å². The van der Waals surface area contributed by atoms with E-state index in [2.05, 4.69) is 10.1 Å². The Kier molecular flexibility index (Phi) is 4.46. The normalized spacial score (nSPS) is 26.1. The smallest absolute Gasteiger partial charge is 0.343 e.